The van der Waals surface area contributed by atoms with Crippen molar-refractivity contribution in [2.45, 2.75) is 56.7 Å². The molecule has 3 aromatic heterocycles. The first kappa shape index (κ1) is 43.9. The Kier molecular flexibility index (Phi) is 22.3. The van der Waals surface area contributed by atoms with Crippen molar-refractivity contribution in [2.75, 3.05) is 19.6 Å². The molecule has 0 saturated heterocycles. The van der Waals surface area contributed by atoms with E-state index in [9.17, 15) is 44.1 Å². The summed E-state index contributed by atoms with van der Waals surface area (Å²) >= 11 is 0. The Morgan fingerprint density at radius 2 is 0.796 bits per heavy atom. The summed E-state index contributed by atoms with van der Waals surface area (Å²) < 4.78 is 0. The van der Waals surface area contributed by atoms with Crippen molar-refractivity contribution in [3.8, 4) is 0 Å². The number of nitrogens with zero attached hydrogens (tertiary/aromatic N) is 3. The number of carboxylic acid groups (broad SMARTS) is 3. The van der Waals surface area contributed by atoms with E-state index in [1.165, 1.54) is 37.6 Å². The molecule has 3 aromatic rings. The minimum Gasteiger partial charge on any atom is -0.548 e. The van der Waals surface area contributed by atoms with Gasteiger partial charge >= 0.3 is 17.4 Å². The first-order valence-electron chi connectivity index (χ1n) is 14.4. The maximum absolute atomic E-state index is 11.2. The molecule has 0 saturated carbocycles. The van der Waals surface area contributed by atoms with Crippen LogP contribution in [0.1, 0.15) is 36.3 Å². The maximum atomic E-state index is 11.2. The molecule has 0 spiro atoms. The van der Waals surface area contributed by atoms with E-state index in [0.717, 1.165) is 0 Å². The quantitative estimate of drug-likeness (QED) is 0.0588. The Hall–Kier alpha value is -5.14. The topological polar surface area (TPSA) is 372 Å². The van der Waals surface area contributed by atoms with Crippen LogP contribution < -0.4 is 48.5 Å². The van der Waals surface area contributed by atoms with E-state index in [-0.39, 0.29) is 75.5 Å². The number of rotatable bonds is 18. The molecule has 1 radical (unpaired) electrons. The fourth-order valence-electron chi connectivity index (χ4n) is 3.62. The summed E-state index contributed by atoms with van der Waals surface area (Å²) in [5.41, 5.74) is 17.4. The van der Waals surface area contributed by atoms with Gasteiger partial charge in [0.05, 0.1) is 55.0 Å². The fourth-order valence-corrected chi connectivity index (χ4v) is 3.62. The molecule has 3 atom stereocenters. The summed E-state index contributed by atoms with van der Waals surface area (Å²) in [4.78, 5) is 85.4. The molecule has 0 aliphatic carbocycles. The molecule has 3 amide bonds. The summed E-state index contributed by atoms with van der Waals surface area (Å²) in [5, 5.41) is 39.3. The Labute approximate surface area is 290 Å². The fraction of sp³-hybridized carbons (Fsp3) is 0.444. The molecule has 0 bridgehead atoms. The van der Waals surface area contributed by atoms with E-state index in [1.807, 2.05) is 0 Å². The predicted molar refractivity (Wildman–Crippen MR) is 159 cm³/mol. The Morgan fingerprint density at radius 1 is 0.551 bits per heavy atom. The third-order valence-electron chi connectivity index (χ3n) is 5.91. The van der Waals surface area contributed by atoms with Gasteiger partial charge in [-0.2, -0.15) is 0 Å². The van der Waals surface area contributed by atoms with Crippen LogP contribution in [0.5, 0.6) is 0 Å². The molecule has 0 aliphatic heterocycles. The van der Waals surface area contributed by atoms with Crippen LogP contribution in [0.15, 0.2) is 37.6 Å². The summed E-state index contributed by atoms with van der Waals surface area (Å²) in [7, 11) is 0. The van der Waals surface area contributed by atoms with E-state index < -0.39 is 53.8 Å². The van der Waals surface area contributed by atoms with Crippen LogP contribution >= 0.6 is 0 Å². The van der Waals surface area contributed by atoms with Crippen LogP contribution in [-0.2, 0) is 65.4 Å². The van der Waals surface area contributed by atoms with Gasteiger partial charge in [0.25, 0.3) is 0 Å². The van der Waals surface area contributed by atoms with Crippen LogP contribution in [0.4, 0.5) is 0 Å². The van der Waals surface area contributed by atoms with Crippen molar-refractivity contribution >= 4 is 35.6 Å². The minimum absolute atomic E-state index is 0. The van der Waals surface area contributed by atoms with Gasteiger partial charge in [-0.3, -0.25) is 14.4 Å². The maximum Gasteiger partial charge on any atom is 3.00 e. The van der Waals surface area contributed by atoms with Crippen molar-refractivity contribution in [1.82, 2.24) is 45.9 Å². The first-order valence-corrected chi connectivity index (χ1v) is 14.4. The largest absolute Gasteiger partial charge is 3.00 e. The molecule has 21 nitrogen and oxygen atoms in total. The molecule has 3 heterocycles. The number of nitrogens with one attached hydrogen (secondary N) is 6. The second-order valence-corrected chi connectivity index (χ2v) is 9.78. The number of hydrogen-bond donors (Lipinski definition) is 9. The van der Waals surface area contributed by atoms with Gasteiger partial charge < -0.3 is 77.8 Å². The number of hydrogen-bond acceptors (Lipinski definition) is 15. The number of carboxylic acids is 3. The first-order chi connectivity index (χ1) is 22.9. The number of carbonyl (C=O) groups is 6. The summed E-state index contributed by atoms with van der Waals surface area (Å²) in [6, 6.07) is -3.21. The van der Waals surface area contributed by atoms with Gasteiger partial charge in [0.15, 0.2) is 0 Å². The second kappa shape index (κ2) is 25.0. The Morgan fingerprint density at radius 3 is 0.959 bits per heavy atom. The molecule has 49 heavy (non-hydrogen) atoms. The number of nitrogens with two attached hydrogens (primary N) is 3. The van der Waals surface area contributed by atoms with E-state index in [1.54, 1.807) is 0 Å². The molecule has 0 unspecified atom stereocenters. The standard InChI is InChI=1S/3C9H14N4O3.Cr/c3*10-2-1-8(14)13-7(9(15)16)3-6-4-11-5-12-6;/h3*4-5,7H,1-3,10H2,(H,11,12)(H,13,14)(H,15,16);/q;;;+3/p-3/t3*7-;/m000./s1. The zero-order valence-electron chi connectivity index (χ0n) is 26.2. The molecule has 0 fully saturated rings. The second-order valence-electron chi connectivity index (χ2n) is 9.78. The SMILES string of the molecule is NCCC(=O)N[C@@H](Cc1cnc[nH]1)C(=O)[O-].NCCC(=O)N[C@@H](Cc1cnc[nH]1)C(=O)[O-].NCCC(=O)N[C@@H](Cc1cnc[nH]1)C(=O)[O-].[Cr+3]. The van der Waals surface area contributed by atoms with Crippen LogP contribution in [0.3, 0.4) is 0 Å². The monoisotopic (exact) mass is 727 g/mol. The average molecular weight is 728 g/mol. The molecule has 267 valence electrons. The third kappa shape index (κ3) is 19.3. The van der Waals surface area contributed by atoms with Gasteiger partial charge in [-0.15, -0.1) is 0 Å². The summed E-state index contributed by atoms with van der Waals surface area (Å²) in [6.45, 7) is 0.529. The van der Waals surface area contributed by atoms with Crippen molar-refractivity contribution in [2.24, 2.45) is 17.2 Å². The molecule has 22 heteroatoms. The molecule has 0 aliphatic rings. The minimum atomic E-state index is -1.33. The number of imidazole rings is 3. The molecule has 12 N–H and O–H groups in total. The zero-order valence-corrected chi connectivity index (χ0v) is 27.5. The Balaban J connectivity index is 0.000000698. The number of aromatic nitrogens is 6. The third-order valence-corrected chi connectivity index (χ3v) is 5.91. The average Bonchev–Trinajstić information content (AvgIpc) is 3.82. The van der Waals surface area contributed by atoms with Crippen molar-refractivity contribution in [1.29, 1.82) is 0 Å². The van der Waals surface area contributed by atoms with Crippen molar-refractivity contribution < 1.29 is 61.4 Å². The number of aromatic amines is 3. The van der Waals surface area contributed by atoms with Gasteiger partial charge in [-0.05, 0) is 0 Å². The normalized spacial score (nSPS) is 11.8. The smallest absolute Gasteiger partial charge is 0.548 e. The molecule has 0 aromatic carbocycles. The molecular formula is C27H39CrN12O9. The van der Waals surface area contributed by atoms with Gasteiger partial charge in [-0.25, -0.2) is 15.0 Å². The van der Waals surface area contributed by atoms with Gasteiger partial charge in [-0.1, -0.05) is 0 Å². The summed E-state index contributed by atoms with van der Waals surface area (Å²) in [6.07, 6.45) is 9.37. The van der Waals surface area contributed by atoms with Crippen LogP contribution in [0.2, 0.25) is 0 Å². The van der Waals surface area contributed by atoms with Gasteiger partial charge in [0.2, 0.25) is 17.7 Å². The number of carbonyl (C=O) groups excluding carboxylic acids is 6. The van der Waals surface area contributed by atoms with Crippen molar-refractivity contribution in [3.63, 3.8) is 0 Å². The number of aliphatic carboxylic acids is 3. The number of H-pyrrole nitrogens is 3. The van der Waals surface area contributed by atoms with Crippen molar-refractivity contribution in [3.05, 3.63) is 54.7 Å². The van der Waals surface area contributed by atoms with Gasteiger partial charge in [0.1, 0.15) is 0 Å². The van der Waals surface area contributed by atoms with Crippen LogP contribution in [-0.4, -0.2) is 103 Å². The Bertz CT molecular complexity index is 1220. The van der Waals surface area contributed by atoms with E-state index in [4.69, 9.17) is 17.2 Å². The van der Waals surface area contributed by atoms with Gasteiger partial charge in [0, 0.05) is 93.8 Å². The number of amides is 3. The zero-order chi connectivity index (χ0) is 35.9. The van der Waals surface area contributed by atoms with Crippen LogP contribution in [0, 0.1) is 0 Å². The van der Waals surface area contributed by atoms with E-state index in [0.29, 0.717) is 17.1 Å². The summed E-state index contributed by atoms with van der Waals surface area (Å²) in [5.74, 6) is -5.22. The van der Waals surface area contributed by atoms with E-state index in [2.05, 4.69) is 45.9 Å². The van der Waals surface area contributed by atoms with Crippen LogP contribution in [0.25, 0.3) is 0 Å². The molecular weight excluding hydrogens is 688 g/mol. The van der Waals surface area contributed by atoms with E-state index >= 15 is 0 Å². The molecule has 3 rings (SSSR count). The predicted octanol–water partition coefficient (Wildman–Crippen LogP) is -7.40.